The van der Waals surface area contributed by atoms with E-state index < -0.39 is 0 Å². The van der Waals surface area contributed by atoms with Crippen molar-refractivity contribution in [1.29, 1.82) is 0 Å². The first kappa shape index (κ1) is 11.4. The minimum absolute atomic E-state index is 0.225. The molecule has 0 aromatic heterocycles. The second-order valence-corrected chi connectivity index (χ2v) is 5.52. The van der Waals surface area contributed by atoms with Crippen LogP contribution in [0.15, 0.2) is 0 Å². The first-order valence-corrected chi connectivity index (χ1v) is 6.24. The Kier molecular flexibility index (Phi) is 3.65. The fourth-order valence-corrected chi connectivity index (χ4v) is 2.55. The molecule has 3 unspecified atom stereocenters. The van der Waals surface area contributed by atoms with Gasteiger partial charge in [0.25, 0.3) is 0 Å². The van der Waals surface area contributed by atoms with Crippen LogP contribution < -0.4 is 10.6 Å². The number of piperidine rings is 1. The number of hydrogen-bond acceptors (Lipinski definition) is 3. The third-order valence-corrected chi connectivity index (χ3v) is 3.75. The molecule has 2 N–H and O–H groups in total. The van der Waals surface area contributed by atoms with E-state index in [1.165, 1.54) is 19.4 Å². The van der Waals surface area contributed by atoms with Crippen molar-refractivity contribution in [3.8, 4) is 0 Å². The zero-order valence-corrected chi connectivity index (χ0v) is 10.0. The molecule has 0 amide bonds. The van der Waals surface area contributed by atoms with Gasteiger partial charge in [-0.1, -0.05) is 6.92 Å². The highest BCUT2D eigenvalue weighted by Crippen LogP contribution is 2.19. The Balaban J connectivity index is 1.72. The van der Waals surface area contributed by atoms with Crippen molar-refractivity contribution in [2.75, 3.05) is 26.3 Å². The van der Waals surface area contributed by atoms with Crippen LogP contribution in [-0.2, 0) is 4.74 Å². The molecule has 0 radical (unpaired) electrons. The van der Waals surface area contributed by atoms with E-state index in [-0.39, 0.29) is 5.54 Å². The van der Waals surface area contributed by atoms with Gasteiger partial charge in [-0.25, -0.2) is 0 Å². The predicted molar refractivity (Wildman–Crippen MR) is 62.0 cm³/mol. The van der Waals surface area contributed by atoms with Crippen LogP contribution in [0.2, 0.25) is 0 Å². The van der Waals surface area contributed by atoms with Crippen LogP contribution in [-0.4, -0.2) is 37.9 Å². The standard InChI is InChI=1S/C12H24N2O/c1-10-3-5-13-11(7-10)8-14-12(2)4-6-15-9-12/h10-11,13-14H,3-9H2,1-2H3. The molecule has 2 heterocycles. The van der Waals surface area contributed by atoms with Crippen LogP contribution in [0.3, 0.4) is 0 Å². The van der Waals surface area contributed by atoms with Crippen LogP contribution in [0.25, 0.3) is 0 Å². The zero-order valence-electron chi connectivity index (χ0n) is 10.0. The van der Waals surface area contributed by atoms with Crippen LogP contribution in [0, 0.1) is 5.92 Å². The maximum atomic E-state index is 5.44. The predicted octanol–water partition coefficient (Wildman–Crippen LogP) is 1.14. The molecule has 2 saturated heterocycles. The molecule has 2 fully saturated rings. The molecule has 0 spiro atoms. The lowest BCUT2D eigenvalue weighted by molar-refractivity contribution is 0.168. The minimum atomic E-state index is 0.225. The lowest BCUT2D eigenvalue weighted by atomic mass is 9.93. The first-order valence-electron chi connectivity index (χ1n) is 6.24. The lowest BCUT2D eigenvalue weighted by Gasteiger charge is -2.32. The Bertz CT molecular complexity index is 202. The van der Waals surface area contributed by atoms with Crippen molar-refractivity contribution in [3.05, 3.63) is 0 Å². The molecule has 3 heteroatoms. The van der Waals surface area contributed by atoms with E-state index in [1.807, 2.05) is 0 Å². The summed E-state index contributed by atoms with van der Waals surface area (Å²) in [4.78, 5) is 0. The molecule has 0 bridgehead atoms. The molecular formula is C12H24N2O. The third kappa shape index (κ3) is 3.16. The van der Waals surface area contributed by atoms with Gasteiger partial charge < -0.3 is 15.4 Å². The Morgan fingerprint density at radius 1 is 1.53 bits per heavy atom. The summed E-state index contributed by atoms with van der Waals surface area (Å²) in [6.45, 7) is 8.68. The number of rotatable bonds is 3. The molecule has 3 nitrogen and oxygen atoms in total. The maximum Gasteiger partial charge on any atom is 0.0646 e. The summed E-state index contributed by atoms with van der Waals surface area (Å²) in [7, 11) is 0. The number of nitrogens with one attached hydrogen (secondary N) is 2. The average Bonchev–Trinajstić information content (AvgIpc) is 2.63. The van der Waals surface area contributed by atoms with Gasteiger partial charge in [0.1, 0.15) is 0 Å². The number of hydrogen-bond donors (Lipinski definition) is 2. The fourth-order valence-electron chi connectivity index (χ4n) is 2.55. The highest BCUT2D eigenvalue weighted by Gasteiger charge is 2.30. The smallest absolute Gasteiger partial charge is 0.0646 e. The van der Waals surface area contributed by atoms with Crippen LogP contribution >= 0.6 is 0 Å². The van der Waals surface area contributed by atoms with Gasteiger partial charge >= 0.3 is 0 Å². The summed E-state index contributed by atoms with van der Waals surface area (Å²) in [5.74, 6) is 0.880. The van der Waals surface area contributed by atoms with Gasteiger partial charge in [0, 0.05) is 24.7 Å². The Morgan fingerprint density at radius 3 is 3.07 bits per heavy atom. The summed E-state index contributed by atoms with van der Waals surface area (Å²) in [6.07, 6.45) is 3.79. The molecule has 2 rings (SSSR count). The highest BCUT2D eigenvalue weighted by molar-refractivity contribution is 4.89. The normalized spacial score (nSPS) is 42.0. The van der Waals surface area contributed by atoms with Gasteiger partial charge in [-0.15, -0.1) is 0 Å². The quantitative estimate of drug-likeness (QED) is 0.736. The van der Waals surface area contributed by atoms with E-state index in [2.05, 4.69) is 24.5 Å². The van der Waals surface area contributed by atoms with Gasteiger partial charge in [0.2, 0.25) is 0 Å². The summed E-state index contributed by atoms with van der Waals surface area (Å²) < 4.78 is 5.44. The molecule has 0 aliphatic carbocycles. The van der Waals surface area contributed by atoms with Crippen LogP contribution in [0.1, 0.15) is 33.1 Å². The van der Waals surface area contributed by atoms with E-state index in [9.17, 15) is 0 Å². The SMILES string of the molecule is CC1CCNC(CNC2(C)CCOC2)C1. The largest absolute Gasteiger partial charge is 0.379 e. The summed E-state index contributed by atoms with van der Waals surface area (Å²) in [6, 6.07) is 0.658. The van der Waals surface area contributed by atoms with Crippen molar-refractivity contribution in [1.82, 2.24) is 10.6 Å². The molecular weight excluding hydrogens is 188 g/mol. The van der Waals surface area contributed by atoms with Crippen molar-refractivity contribution in [2.24, 2.45) is 5.92 Å². The van der Waals surface area contributed by atoms with E-state index in [1.54, 1.807) is 0 Å². The highest BCUT2D eigenvalue weighted by atomic mass is 16.5. The zero-order chi connectivity index (χ0) is 10.7. The summed E-state index contributed by atoms with van der Waals surface area (Å²) >= 11 is 0. The topological polar surface area (TPSA) is 33.3 Å². The lowest BCUT2D eigenvalue weighted by Crippen LogP contribution is -2.51. The molecule has 0 saturated carbocycles. The van der Waals surface area contributed by atoms with Crippen molar-refractivity contribution in [3.63, 3.8) is 0 Å². The third-order valence-electron chi connectivity index (χ3n) is 3.75. The van der Waals surface area contributed by atoms with Gasteiger partial charge in [-0.3, -0.25) is 0 Å². The second kappa shape index (κ2) is 4.81. The van der Waals surface area contributed by atoms with E-state index in [0.29, 0.717) is 6.04 Å². The molecule has 0 aromatic carbocycles. The van der Waals surface area contributed by atoms with Gasteiger partial charge in [0.05, 0.1) is 6.61 Å². The van der Waals surface area contributed by atoms with E-state index >= 15 is 0 Å². The molecule has 2 aliphatic heterocycles. The Morgan fingerprint density at radius 2 is 2.40 bits per heavy atom. The average molecular weight is 212 g/mol. The van der Waals surface area contributed by atoms with Crippen molar-refractivity contribution < 1.29 is 4.74 Å². The van der Waals surface area contributed by atoms with E-state index in [0.717, 1.165) is 32.1 Å². The van der Waals surface area contributed by atoms with Gasteiger partial charge in [-0.05, 0) is 38.6 Å². The Hall–Kier alpha value is -0.120. The molecule has 0 aromatic rings. The van der Waals surface area contributed by atoms with Gasteiger partial charge in [-0.2, -0.15) is 0 Å². The Labute approximate surface area is 93.0 Å². The number of ether oxygens (including phenoxy) is 1. The van der Waals surface area contributed by atoms with Crippen molar-refractivity contribution >= 4 is 0 Å². The fraction of sp³-hybridized carbons (Fsp3) is 1.00. The monoisotopic (exact) mass is 212 g/mol. The van der Waals surface area contributed by atoms with Crippen LogP contribution in [0.5, 0.6) is 0 Å². The first-order chi connectivity index (χ1) is 7.18. The van der Waals surface area contributed by atoms with Crippen LogP contribution in [0.4, 0.5) is 0 Å². The molecule has 3 atom stereocenters. The van der Waals surface area contributed by atoms with Crippen molar-refractivity contribution in [2.45, 2.75) is 44.7 Å². The van der Waals surface area contributed by atoms with E-state index in [4.69, 9.17) is 4.74 Å². The summed E-state index contributed by atoms with van der Waals surface area (Å²) in [5, 5.41) is 7.25. The minimum Gasteiger partial charge on any atom is -0.379 e. The maximum absolute atomic E-state index is 5.44. The molecule has 2 aliphatic rings. The molecule has 15 heavy (non-hydrogen) atoms. The summed E-state index contributed by atoms with van der Waals surface area (Å²) in [5.41, 5.74) is 0.225. The second-order valence-electron chi connectivity index (χ2n) is 5.52. The van der Waals surface area contributed by atoms with Gasteiger partial charge in [0.15, 0.2) is 0 Å². The molecule has 88 valence electrons.